The molecule has 7 heteroatoms. The molecular weight excluding hydrogens is 365 g/mol. The maximum atomic E-state index is 12.1. The van der Waals surface area contributed by atoms with Gasteiger partial charge in [0.2, 0.25) is 0 Å². The second-order valence-electron chi connectivity index (χ2n) is 4.22. The number of hydrogen-bond acceptors (Lipinski definition) is 4. The molecule has 1 aromatic carbocycles. The van der Waals surface area contributed by atoms with E-state index < -0.39 is 10.0 Å². The summed E-state index contributed by atoms with van der Waals surface area (Å²) in [6.07, 6.45) is 0.780. The Morgan fingerprint density at radius 2 is 2.17 bits per heavy atom. The largest absolute Gasteiger partial charge is 0.286 e. The van der Waals surface area contributed by atoms with E-state index in [1.165, 1.54) is 5.01 Å². The monoisotopic (exact) mass is 379 g/mol. The van der Waals surface area contributed by atoms with Gasteiger partial charge in [0.1, 0.15) is 10.7 Å². The summed E-state index contributed by atoms with van der Waals surface area (Å²) < 4.78 is 28.9. The van der Waals surface area contributed by atoms with Crippen molar-refractivity contribution in [2.75, 3.05) is 5.01 Å². The van der Waals surface area contributed by atoms with Crippen molar-refractivity contribution in [1.82, 2.24) is 0 Å². The summed E-state index contributed by atoms with van der Waals surface area (Å²) in [5.74, 6) is 6.37. The molecule has 0 saturated carbocycles. The van der Waals surface area contributed by atoms with Crippen LogP contribution in [0.3, 0.4) is 0 Å². The average Bonchev–Trinajstić information content (AvgIpc) is 2.33. The standard InChI is InChI=1S/C11H14IN3O2S/c1-3-7(2)11-14-18(16,17)10-6-8(12)4-5-9(10)15(11)13/h4-7H,3,13H2,1-2H3. The Balaban J connectivity index is 2.64. The van der Waals surface area contributed by atoms with Gasteiger partial charge in [-0.2, -0.15) is 8.42 Å². The fourth-order valence-electron chi connectivity index (χ4n) is 1.74. The lowest BCUT2D eigenvalue weighted by Gasteiger charge is -2.29. The van der Waals surface area contributed by atoms with E-state index in [2.05, 4.69) is 27.0 Å². The van der Waals surface area contributed by atoms with Crippen molar-refractivity contribution in [3.63, 3.8) is 0 Å². The van der Waals surface area contributed by atoms with Crippen molar-refractivity contribution in [2.45, 2.75) is 25.2 Å². The van der Waals surface area contributed by atoms with E-state index in [4.69, 9.17) is 5.84 Å². The first-order chi connectivity index (χ1) is 8.36. The lowest BCUT2D eigenvalue weighted by atomic mass is 10.1. The van der Waals surface area contributed by atoms with Crippen LogP contribution in [-0.4, -0.2) is 14.3 Å². The average molecular weight is 379 g/mol. The van der Waals surface area contributed by atoms with Gasteiger partial charge in [-0.1, -0.05) is 13.8 Å². The SMILES string of the molecule is CCC(C)C1=NS(=O)(=O)c2cc(I)ccc2N1N. The number of halogens is 1. The second-order valence-corrected chi connectivity index (χ2v) is 7.03. The molecular formula is C11H14IN3O2S. The summed E-state index contributed by atoms with van der Waals surface area (Å²) in [6, 6.07) is 5.13. The molecule has 0 aliphatic carbocycles. The van der Waals surface area contributed by atoms with Crippen molar-refractivity contribution < 1.29 is 8.42 Å². The zero-order chi connectivity index (χ0) is 13.5. The highest BCUT2D eigenvalue weighted by Crippen LogP contribution is 2.32. The minimum atomic E-state index is -3.64. The highest BCUT2D eigenvalue weighted by atomic mass is 127. The molecule has 0 spiro atoms. The molecule has 0 aromatic heterocycles. The van der Waals surface area contributed by atoms with Crippen LogP contribution in [0.4, 0.5) is 5.69 Å². The van der Waals surface area contributed by atoms with Crippen LogP contribution >= 0.6 is 22.6 Å². The zero-order valence-corrected chi connectivity index (χ0v) is 13.1. The molecule has 5 nitrogen and oxygen atoms in total. The molecule has 2 rings (SSSR count). The maximum Gasteiger partial charge on any atom is 0.286 e. The molecule has 1 aliphatic rings. The Hall–Kier alpha value is -0.670. The molecule has 1 atom stereocenters. The summed E-state index contributed by atoms with van der Waals surface area (Å²) in [5.41, 5.74) is 0.487. The van der Waals surface area contributed by atoms with E-state index in [-0.39, 0.29) is 10.8 Å². The molecule has 98 valence electrons. The van der Waals surface area contributed by atoms with Gasteiger partial charge in [0.15, 0.2) is 0 Å². The predicted octanol–water partition coefficient (Wildman–Crippen LogP) is 2.12. The van der Waals surface area contributed by atoms with Gasteiger partial charge in [-0.3, -0.25) is 5.01 Å². The fraction of sp³-hybridized carbons (Fsp3) is 0.364. The van der Waals surface area contributed by atoms with Crippen molar-refractivity contribution >= 4 is 44.1 Å². The number of anilines is 1. The van der Waals surface area contributed by atoms with Gasteiger partial charge in [0, 0.05) is 9.49 Å². The third-order valence-corrected chi connectivity index (χ3v) is 4.95. The number of hydrogen-bond donors (Lipinski definition) is 1. The molecule has 0 saturated heterocycles. The van der Waals surface area contributed by atoms with Crippen LogP contribution < -0.4 is 10.9 Å². The third kappa shape index (κ3) is 2.26. The Kier molecular flexibility index (Phi) is 3.65. The topological polar surface area (TPSA) is 75.8 Å². The molecule has 0 fully saturated rings. The Bertz CT molecular complexity index is 613. The van der Waals surface area contributed by atoms with Crippen LogP contribution in [0.2, 0.25) is 0 Å². The van der Waals surface area contributed by atoms with Gasteiger partial charge in [0.25, 0.3) is 10.0 Å². The second kappa shape index (κ2) is 4.78. The fourth-order valence-corrected chi connectivity index (χ4v) is 3.76. The van der Waals surface area contributed by atoms with Crippen molar-refractivity contribution in [3.8, 4) is 0 Å². The first-order valence-electron chi connectivity index (χ1n) is 5.56. The van der Waals surface area contributed by atoms with Gasteiger partial charge in [-0.05, 0) is 47.2 Å². The Morgan fingerprint density at radius 1 is 1.50 bits per heavy atom. The van der Waals surface area contributed by atoms with E-state index in [0.717, 1.165) is 9.99 Å². The van der Waals surface area contributed by atoms with Crippen molar-refractivity contribution in [2.24, 2.45) is 16.2 Å². The molecule has 2 N–H and O–H groups in total. The smallest absolute Gasteiger partial charge is 0.264 e. The van der Waals surface area contributed by atoms with Gasteiger partial charge in [-0.15, -0.1) is 4.40 Å². The first-order valence-corrected chi connectivity index (χ1v) is 8.08. The highest BCUT2D eigenvalue weighted by Gasteiger charge is 2.31. The minimum absolute atomic E-state index is 0.00259. The summed E-state index contributed by atoms with van der Waals surface area (Å²) in [4.78, 5) is 0.170. The lowest BCUT2D eigenvalue weighted by molar-refractivity contribution is 0.594. The number of hydrazine groups is 1. The molecule has 1 aliphatic heterocycles. The summed E-state index contributed by atoms with van der Waals surface area (Å²) in [6.45, 7) is 3.88. The summed E-state index contributed by atoms with van der Waals surface area (Å²) in [5, 5.41) is 1.38. The first kappa shape index (κ1) is 13.8. The number of nitrogens with two attached hydrogens (primary N) is 1. The van der Waals surface area contributed by atoms with E-state index in [1.54, 1.807) is 12.1 Å². The number of benzene rings is 1. The highest BCUT2D eigenvalue weighted by molar-refractivity contribution is 14.1. The van der Waals surface area contributed by atoms with Crippen LogP contribution in [0.15, 0.2) is 27.5 Å². The minimum Gasteiger partial charge on any atom is -0.264 e. The van der Waals surface area contributed by atoms with Gasteiger partial charge in [0.05, 0.1) is 5.69 Å². The lowest BCUT2D eigenvalue weighted by Crippen LogP contribution is -2.44. The molecule has 1 unspecified atom stereocenters. The predicted molar refractivity (Wildman–Crippen MR) is 79.9 cm³/mol. The van der Waals surface area contributed by atoms with E-state index in [0.29, 0.717) is 11.5 Å². The van der Waals surface area contributed by atoms with Gasteiger partial charge >= 0.3 is 0 Å². The van der Waals surface area contributed by atoms with Crippen LogP contribution in [-0.2, 0) is 10.0 Å². The molecule has 0 radical (unpaired) electrons. The summed E-state index contributed by atoms with van der Waals surface area (Å²) in [7, 11) is -3.64. The van der Waals surface area contributed by atoms with Crippen molar-refractivity contribution in [3.05, 3.63) is 21.8 Å². The van der Waals surface area contributed by atoms with E-state index in [9.17, 15) is 8.42 Å². The number of amidine groups is 1. The number of rotatable bonds is 2. The molecule has 18 heavy (non-hydrogen) atoms. The van der Waals surface area contributed by atoms with Crippen LogP contribution in [0.1, 0.15) is 20.3 Å². The molecule has 1 heterocycles. The Labute approximate surface area is 120 Å². The third-order valence-electron chi connectivity index (χ3n) is 2.97. The normalized spacial score (nSPS) is 19.1. The molecule has 1 aromatic rings. The summed E-state index contributed by atoms with van der Waals surface area (Å²) >= 11 is 2.06. The van der Waals surface area contributed by atoms with Gasteiger partial charge < -0.3 is 0 Å². The van der Waals surface area contributed by atoms with Crippen LogP contribution in [0.25, 0.3) is 0 Å². The van der Waals surface area contributed by atoms with Crippen LogP contribution in [0.5, 0.6) is 0 Å². The zero-order valence-electron chi connectivity index (χ0n) is 10.1. The number of sulfonamides is 1. The van der Waals surface area contributed by atoms with E-state index >= 15 is 0 Å². The Morgan fingerprint density at radius 3 is 2.78 bits per heavy atom. The number of nitrogens with zero attached hydrogens (tertiary/aromatic N) is 2. The van der Waals surface area contributed by atoms with Crippen LogP contribution in [0, 0.1) is 9.49 Å². The van der Waals surface area contributed by atoms with Crippen molar-refractivity contribution in [1.29, 1.82) is 0 Å². The number of fused-ring (bicyclic) bond motifs is 1. The molecule has 0 bridgehead atoms. The van der Waals surface area contributed by atoms with E-state index in [1.807, 2.05) is 19.9 Å². The molecule has 0 amide bonds. The van der Waals surface area contributed by atoms with Gasteiger partial charge in [-0.25, -0.2) is 5.84 Å². The maximum absolute atomic E-state index is 12.1. The quantitative estimate of drug-likeness (QED) is 0.631.